The summed E-state index contributed by atoms with van der Waals surface area (Å²) in [6.45, 7) is 0. The van der Waals surface area contributed by atoms with E-state index in [1.807, 2.05) is 0 Å². The number of rotatable bonds is 0. The summed E-state index contributed by atoms with van der Waals surface area (Å²) in [6, 6.07) is 0. The van der Waals surface area contributed by atoms with Gasteiger partial charge in [0.1, 0.15) is 0 Å². The lowest BCUT2D eigenvalue weighted by atomic mass is 10.0. The molecule has 1 aliphatic rings. The summed E-state index contributed by atoms with van der Waals surface area (Å²) < 4.78 is 0. The lowest BCUT2D eigenvalue weighted by Gasteiger charge is -2.01. The van der Waals surface area contributed by atoms with Gasteiger partial charge in [0.15, 0.2) is 0 Å². The summed E-state index contributed by atoms with van der Waals surface area (Å²) in [6.07, 6.45) is 42.0. The molecule has 0 heterocycles. The Hall–Kier alpha value is -1.56. The Kier molecular flexibility index (Phi) is 15.2. The molecular weight excluding hydrogens is 288 g/mol. The summed E-state index contributed by atoms with van der Waals surface area (Å²) in [4.78, 5) is 0. The molecule has 0 amide bonds. The van der Waals surface area contributed by atoms with Crippen LogP contribution in [0.5, 0.6) is 0 Å². The Morgan fingerprint density at radius 2 is 0.500 bits per heavy atom. The van der Waals surface area contributed by atoms with E-state index in [1.165, 1.54) is 77.0 Å². The summed E-state index contributed by atoms with van der Waals surface area (Å²) in [5, 5.41) is 0. The Balaban J connectivity index is 2.31. The molecule has 0 fully saturated rings. The van der Waals surface area contributed by atoms with Crippen molar-refractivity contribution < 1.29 is 0 Å². The molecule has 0 atom stereocenters. The molecule has 24 heavy (non-hydrogen) atoms. The first kappa shape index (κ1) is 20.5. The van der Waals surface area contributed by atoms with Gasteiger partial charge in [0.2, 0.25) is 0 Å². The van der Waals surface area contributed by atoms with E-state index in [9.17, 15) is 0 Å². The molecule has 1 rings (SSSR count). The number of hydrogen-bond donors (Lipinski definition) is 0. The maximum absolute atomic E-state index is 2.29. The largest absolute Gasteiger partial charge is 0.0845 e. The SMILES string of the molecule is C1=CC=CC=CCCCCCCCCCCCCC=CC=CC=C1. The van der Waals surface area contributed by atoms with Crippen LogP contribution in [0.25, 0.3) is 0 Å². The standard InChI is InChI=1S/C24H36/c1-2-4-6-8-10-12-14-16-18-20-22-24-23-21-19-17-15-13-11-9-7-5-3-1/h1-12H,13-24H2. The molecule has 0 aromatic heterocycles. The first-order valence-electron chi connectivity index (χ1n) is 9.98. The Morgan fingerprint density at radius 1 is 0.250 bits per heavy atom. The molecule has 0 nitrogen and oxygen atoms in total. The average Bonchev–Trinajstić information content (AvgIpc) is 2.59. The van der Waals surface area contributed by atoms with Gasteiger partial charge in [-0.2, -0.15) is 0 Å². The van der Waals surface area contributed by atoms with Gasteiger partial charge in [-0.15, -0.1) is 0 Å². The quantitative estimate of drug-likeness (QED) is 0.423. The highest BCUT2D eigenvalue weighted by atomic mass is 14.0. The second-order valence-corrected chi connectivity index (χ2v) is 6.51. The van der Waals surface area contributed by atoms with Crippen LogP contribution in [0.4, 0.5) is 0 Å². The number of hydrogen-bond acceptors (Lipinski definition) is 0. The third-order valence-corrected chi connectivity index (χ3v) is 4.26. The summed E-state index contributed by atoms with van der Waals surface area (Å²) >= 11 is 0. The molecular formula is C24H36. The van der Waals surface area contributed by atoms with Gasteiger partial charge in [0.05, 0.1) is 0 Å². The van der Waals surface area contributed by atoms with E-state index in [2.05, 4.69) is 72.9 Å². The van der Waals surface area contributed by atoms with Gasteiger partial charge < -0.3 is 0 Å². The molecule has 132 valence electrons. The topological polar surface area (TPSA) is 0 Å². The van der Waals surface area contributed by atoms with Crippen LogP contribution in [0.2, 0.25) is 0 Å². The smallest absolute Gasteiger partial charge is 0.0348 e. The second-order valence-electron chi connectivity index (χ2n) is 6.51. The van der Waals surface area contributed by atoms with Gasteiger partial charge in [-0.05, 0) is 25.7 Å². The molecule has 0 bridgehead atoms. The van der Waals surface area contributed by atoms with Crippen molar-refractivity contribution in [2.75, 3.05) is 0 Å². The molecule has 0 spiro atoms. The minimum atomic E-state index is 1.21. The summed E-state index contributed by atoms with van der Waals surface area (Å²) in [5.41, 5.74) is 0. The summed E-state index contributed by atoms with van der Waals surface area (Å²) in [5.74, 6) is 0. The molecule has 0 N–H and O–H groups in total. The van der Waals surface area contributed by atoms with Crippen molar-refractivity contribution >= 4 is 0 Å². The van der Waals surface area contributed by atoms with Crippen molar-refractivity contribution in [2.24, 2.45) is 0 Å². The van der Waals surface area contributed by atoms with Crippen molar-refractivity contribution in [3.05, 3.63) is 72.9 Å². The van der Waals surface area contributed by atoms with E-state index in [-0.39, 0.29) is 0 Å². The highest BCUT2D eigenvalue weighted by Crippen LogP contribution is 2.12. The Labute approximate surface area is 150 Å². The van der Waals surface area contributed by atoms with Crippen molar-refractivity contribution in [1.82, 2.24) is 0 Å². The number of allylic oxidation sites excluding steroid dienone is 12. The van der Waals surface area contributed by atoms with E-state index < -0.39 is 0 Å². The molecule has 0 aliphatic heterocycles. The maximum Gasteiger partial charge on any atom is -0.0348 e. The monoisotopic (exact) mass is 324 g/mol. The molecule has 0 saturated carbocycles. The molecule has 0 saturated heterocycles. The van der Waals surface area contributed by atoms with Gasteiger partial charge in [0.25, 0.3) is 0 Å². The molecule has 0 aromatic carbocycles. The van der Waals surface area contributed by atoms with Crippen molar-refractivity contribution in [3.8, 4) is 0 Å². The van der Waals surface area contributed by atoms with E-state index >= 15 is 0 Å². The minimum Gasteiger partial charge on any atom is -0.0845 e. The minimum absolute atomic E-state index is 1.21. The van der Waals surface area contributed by atoms with Crippen LogP contribution in [0, 0.1) is 0 Å². The van der Waals surface area contributed by atoms with Crippen molar-refractivity contribution in [2.45, 2.75) is 77.0 Å². The molecule has 0 heteroatoms. The predicted molar refractivity (Wildman–Crippen MR) is 110 cm³/mol. The molecule has 0 unspecified atom stereocenters. The van der Waals surface area contributed by atoms with E-state index in [0.29, 0.717) is 0 Å². The van der Waals surface area contributed by atoms with Crippen LogP contribution in [0.3, 0.4) is 0 Å². The van der Waals surface area contributed by atoms with Gasteiger partial charge >= 0.3 is 0 Å². The van der Waals surface area contributed by atoms with Crippen molar-refractivity contribution in [3.63, 3.8) is 0 Å². The first-order valence-corrected chi connectivity index (χ1v) is 9.98. The van der Waals surface area contributed by atoms with Crippen LogP contribution < -0.4 is 0 Å². The zero-order valence-corrected chi connectivity index (χ0v) is 15.4. The van der Waals surface area contributed by atoms with Crippen LogP contribution in [-0.4, -0.2) is 0 Å². The maximum atomic E-state index is 2.29. The van der Waals surface area contributed by atoms with Gasteiger partial charge in [-0.1, -0.05) is 124 Å². The highest BCUT2D eigenvalue weighted by molar-refractivity contribution is 5.19. The zero-order chi connectivity index (χ0) is 17.0. The molecule has 0 aromatic rings. The fraction of sp³-hybridized carbons (Fsp3) is 0.500. The lowest BCUT2D eigenvalue weighted by molar-refractivity contribution is 0.553. The van der Waals surface area contributed by atoms with E-state index in [4.69, 9.17) is 0 Å². The lowest BCUT2D eigenvalue weighted by Crippen LogP contribution is -1.82. The van der Waals surface area contributed by atoms with Gasteiger partial charge in [-0.25, -0.2) is 0 Å². The highest BCUT2D eigenvalue weighted by Gasteiger charge is 1.92. The molecule has 0 radical (unpaired) electrons. The third kappa shape index (κ3) is 15.3. The van der Waals surface area contributed by atoms with Gasteiger partial charge in [0, 0.05) is 0 Å². The van der Waals surface area contributed by atoms with Crippen LogP contribution in [0.1, 0.15) is 77.0 Å². The summed E-state index contributed by atoms with van der Waals surface area (Å²) in [7, 11) is 0. The average molecular weight is 325 g/mol. The van der Waals surface area contributed by atoms with Crippen LogP contribution in [-0.2, 0) is 0 Å². The fourth-order valence-electron chi connectivity index (χ4n) is 2.80. The first-order chi connectivity index (χ1) is 12.0. The fourth-order valence-corrected chi connectivity index (χ4v) is 2.80. The van der Waals surface area contributed by atoms with Crippen molar-refractivity contribution in [1.29, 1.82) is 0 Å². The third-order valence-electron chi connectivity index (χ3n) is 4.26. The normalized spacial score (nSPS) is 20.0. The molecule has 1 aliphatic carbocycles. The van der Waals surface area contributed by atoms with E-state index in [1.54, 1.807) is 0 Å². The van der Waals surface area contributed by atoms with Gasteiger partial charge in [-0.3, -0.25) is 0 Å². The second kappa shape index (κ2) is 17.8. The predicted octanol–water partition coefficient (Wildman–Crippen LogP) is 8.02. The van der Waals surface area contributed by atoms with E-state index in [0.717, 1.165) is 0 Å². The Bertz CT molecular complexity index is 387. The van der Waals surface area contributed by atoms with Crippen LogP contribution in [0.15, 0.2) is 72.9 Å². The Morgan fingerprint density at radius 3 is 0.833 bits per heavy atom. The van der Waals surface area contributed by atoms with Crippen LogP contribution >= 0.6 is 0 Å². The zero-order valence-electron chi connectivity index (χ0n) is 15.4.